The van der Waals surface area contributed by atoms with E-state index in [1.165, 1.54) is 0 Å². The molecule has 0 saturated heterocycles. The monoisotopic (exact) mass is 558 g/mol. The summed E-state index contributed by atoms with van der Waals surface area (Å²) in [7, 11) is 1.54. The molecule has 1 N–H and O–H groups in total. The van der Waals surface area contributed by atoms with Crippen molar-refractivity contribution in [2.24, 2.45) is 0 Å². The van der Waals surface area contributed by atoms with Gasteiger partial charge < -0.3 is 19.3 Å². The fourth-order valence-electron chi connectivity index (χ4n) is 3.89. The van der Waals surface area contributed by atoms with Gasteiger partial charge in [0, 0.05) is 40.7 Å². The summed E-state index contributed by atoms with van der Waals surface area (Å²) in [5, 5.41) is 19.5. The van der Waals surface area contributed by atoms with Crippen molar-refractivity contribution in [3.63, 3.8) is 0 Å². The van der Waals surface area contributed by atoms with Crippen molar-refractivity contribution in [3.8, 4) is 11.8 Å². The summed E-state index contributed by atoms with van der Waals surface area (Å²) < 4.78 is 20.0. The second-order valence-corrected chi connectivity index (χ2v) is 9.43. The minimum absolute atomic E-state index is 0.0826. The second kappa shape index (κ2) is 13.3. The van der Waals surface area contributed by atoms with Crippen molar-refractivity contribution in [1.82, 2.24) is 19.6 Å². The molecular formula is C27H28Cl2N4O5. The molecule has 4 rings (SSSR count). The van der Waals surface area contributed by atoms with E-state index in [2.05, 4.69) is 10.2 Å². The maximum absolute atomic E-state index is 11.4. The van der Waals surface area contributed by atoms with Crippen LogP contribution < -0.4 is 9.47 Å². The van der Waals surface area contributed by atoms with Crippen LogP contribution in [-0.4, -0.2) is 51.1 Å². The normalized spacial score (nSPS) is 11.0. The zero-order chi connectivity index (χ0) is 26.9. The quantitative estimate of drug-likeness (QED) is 0.169. The van der Waals surface area contributed by atoms with Crippen LogP contribution in [0, 0.1) is 0 Å². The number of nitrogens with zero attached hydrogens (tertiary/aromatic N) is 4. The van der Waals surface area contributed by atoms with Crippen LogP contribution in [0.2, 0.25) is 10.0 Å². The van der Waals surface area contributed by atoms with Gasteiger partial charge in [0.15, 0.2) is 6.79 Å². The molecule has 200 valence electrons. The van der Waals surface area contributed by atoms with Gasteiger partial charge in [0.1, 0.15) is 0 Å². The van der Waals surface area contributed by atoms with Gasteiger partial charge in [0.25, 0.3) is 0 Å². The number of aliphatic carboxylic acids is 1. The van der Waals surface area contributed by atoms with E-state index in [4.69, 9.17) is 37.4 Å². The van der Waals surface area contributed by atoms with E-state index in [0.717, 1.165) is 16.8 Å². The lowest BCUT2D eigenvalue weighted by Gasteiger charge is -2.10. The van der Waals surface area contributed by atoms with Gasteiger partial charge in [-0.15, -0.1) is 10.2 Å². The SMILES string of the molecule is COCOc1cc(CCCOc2nn(Cc3ccccc3)cc2CC(=O)O)n(Cc2ccc(Cl)cc2Cl)n1. The number of methoxy groups -OCH3 is 1. The highest BCUT2D eigenvalue weighted by Gasteiger charge is 2.15. The predicted molar refractivity (Wildman–Crippen MR) is 143 cm³/mol. The number of carboxylic acid groups (broad SMARTS) is 1. The fraction of sp³-hybridized carbons (Fsp3) is 0.296. The molecule has 0 fully saturated rings. The van der Waals surface area contributed by atoms with Crippen molar-refractivity contribution < 1.29 is 24.1 Å². The third-order valence-corrected chi connectivity index (χ3v) is 6.23. The molecule has 2 aromatic heterocycles. The summed E-state index contributed by atoms with van der Waals surface area (Å²) >= 11 is 12.4. The summed E-state index contributed by atoms with van der Waals surface area (Å²) in [6.45, 7) is 1.39. The molecule has 0 aliphatic carbocycles. The standard InChI is InChI=1S/C27H28Cl2N4O5/c1-36-18-38-25-14-23(33(30-25)17-20-9-10-22(28)13-24(20)29)8-5-11-37-27-21(12-26(34)35)16-32(31-27)15-19-6-3-2-4-7-19/h2-4,6-7,9-10,13-14,16H,5,8,11-12,15,17-18H2,1H3,(H,34,35). The predicted octanol–water partition coefficient (Wildman–Crippen LogP) is 5.10. The molecule has 9 nitrogen and oxygen atoms in total. The fourth-order valence-corrected chi connectivity index (χ4v) is 4.36. The molecule has 2 aromatic carbocycles. The number of hydrogen-bond donors (Lipinski definition) is 1. The van der Waals surface area contributed by atoms with Crippen LogP contribution in [-0.2, 0) is 35.5 Å². The van der Waals surface area contributed by atoms with Crippen LogP contribution in [0.3, 0.4) is 0 Å². The lowest BCUT2D eigenvalue weighted by Crippen LogP contribution is -2.09. The Bertz CT molecular complexity index is 1360. The molecule has 0 unspecified atom stereocenters. The Morgan fingerprint density at radius 1 is 1.00 bits per heavy atom. The average molecular weight is 559 g/mol. The van der Waals surface area contributed by atoms with Crippen LogP contribution in [0.1, 0.15) is 28.8 Å². The van der Waals surface area contributed by atoms with E-state index in [9.17, 15) is 9.90 Å². The smallest absolute Gasteiger partial charge is 0.308 e. The molecule has 0 bridgehead atoms. The van der Waals surface area contributed by atoms with Gasteiger partial charge in [-0.1, -0.05) is 59.6 Å². The number of rotatable bonds is 14. The topological polar surface area (TPSA) is 101 Å². The van der Waals surface area contributed by atoms with Crippen LogP contribution in [0.25, 0.3) is 0 Å². The van der Waals surface area contributed by atoms with E-state index in [1.807, 2.05) is 47.1 Å². The van der Waals surface area contributed by atoms with Crippen LogP contribution in [0.15, 0.2) is 60.8 Å². The first kappa shape index (κ1) is 27.5. The van der Waals surface area contributed by atoms with E-state index >= 15 is 0 Å². The second-order valence-electron chi connectivity index (χ2n) is 8.58. The number of halogens is 2. The number of aromatic nitrogens is 4. The Labute approximate surface area is 230 Å². The van der Waals surface area contributed by atoms with E-state index < -0.39 is 5.97 Å². The maximum Gasteiger partial charge on any atom is 0.308 e. The zero-order valence-corrected chi connectivity index (χ0v) is 22.4. The van der Waals surface area contributed by atoms with Gasteiger partial charge in [-0.25, -0.2) is 0 Å². The van der Waals surface area contributed by atoms with Gasteiger partial charge in [-0.3, -0.25) is 14.2 Å². The molecule has 4 aromatic rings. The lowest BCUT2D eigenvalue weighted by molar-refractivity contribution is -0.136. The summed E-state index contributed by atoms with van der Waals surface area (Å²) in [6, 6.07) is 17.0. The van der Waals surface area contributed by atoms with Crippen molar-refractivity contribution in [2.45, 2.75) is 32.4 Å². The zero-order valence-electron chi connectivity index (χ0n) is 20.8. The summed E-state index contributed by atoms with van der Waals surface area (Å²) in [4.78, 5) is 11.4. The van der Waals surface area contributed by atoms with Gasteiger partial charge in [-0.2, -0.15) is 0 Å². The van der Waals surface area contributed by atoms with Gasteiger partial charge in [0.2, 0.25) is 11.8 Å². The summed E-state index contributed by atoms with van der Waals surface area (Å²) in [5.41, 5.74) is 3.39. The Morgan fingerprint density at radius 2 is 1.82 bits per heavy atom. The molecule has 0 radical (unpaired) electrons. The van der Waals surface area contributed by atoms with Crippen molar-refractivity contribution >= 4 is 29.2 Å². The number of carbonyl (C=O) groups is 1. The number of ether oxygens (including phenoxy) is 3. The number of carboxylic acids is 1. The number of benzene rings is 2. The average Bonchev–Trinajstić information content (AvgIpc) is 3.45. The van der Waals surface area contributed by atoms with Gasteiger partial charge >= 0.3 is 5.97 Å². The first-order chi connectivity index (χ1) is 18.4. The largest absolute Gasteiger partial charge is 0.481 e. The summed E-state index contributed by atoms with van der Waals surface area (Å²) in [6.07, 6.45) is 2.83. The molecule has 38 heavy (non-hydrogen) atoms. The Balaban J connectivity index is 1.42. The van der Waals surface area contributed by atoms with Crippen LogP contribution in [0.4, 0.5) is 0 Å². The molecule has 0 atom stereocenters. The van der Waals surface area contributed by atoms with E-state index in [1.54, 1.807) is 30.1 Å². The molecular weight excluding hydrogens is 531 g/mol. The number of hydrogen-bond acceptors (Lipinski definition) is 6. The highest BCUT2D eigenvalue weighted by molar-refractivity contribution is 6.35. The van der Waals surface area contributed by atoms with E-state index in [-0.39, 0.29) is 13.2 Å². The highest BCUT2D eigenvalue weighted by Crippen LogP contribution is 2.24. The molecule has 0 spiro atoms. The van der Waals surface area contributed by atoms with Crippen molar-refractivity contribution in [3.05, 3.63) is 93.2 Å². The molecule has 0 saturated carbocycles. The van der Waals surface area contributed by atoms with Gasteiger partial charge in [0.05, 0.1) is 26.1 Å². The van der Waals surface area contributed by atoms with Crippen LogP contribution in [0.5, 0.6) is 11.8 Å². The molecule has 11 heteroatoms. The van der Waals surface area contributed by atoms with Crippen molar-refractivity contribution in [2.75, 3.05) is 20.5 Å². The Morgan fingerprint density at radius 3 is 2.55 bits per heavy atom. The van der Waals surface area contributed by atoms with Crippen LogP contribution >= 0.6 is 23.2 Å². The molecule has 0 aliphatic heterocycles. The Kier molecular flexibility index (Phi) is 9.64. The lowest BCUT2D eigenvalue weighted by atomic mass is 10.2. The van der Waals surface area contributed by atoms with Gasteiger partial charge in [-0.05, 0) is 36.1 Å². The first-order valence-electron chi connectivity index (χ1n) is 12.0. The van der Waals surface area contributed by atoms with E-state index in [0.29, 0.717) is 59.9 Å². The van der Waals surface area contributed by atoms with Crippen molar-refractivity contribution in [1.29, 1.82) is 0 Å². The minimum atomic E-state index is -0.942. The maximum atomic E-state index is 11.4. The molecule has 0 aliphatic rings. The molecule has 2 heterocycles. The molecule has 0 amide bonds. The highest BCUT2D eigenvalue weighted by atomic mass is 35.5. The Hall–Kier alpha value is -3.53. The third-order valence-electron chi connectivity index (χ3n) is 5.64. The third kappa shape index (κ3) is 7.74. The number of aryl methyl sites for hydroxylation is 1. The first-order valence-corrected chi connectivity index (χ1v) is 12.7. The minimum Gasteiger partial charge on any atom is -0.481 e. The summed E-state index contributed by atoms with van der Waals surface area (Å²) in [5.74, 6) is -0.174.